The predicted molar refractivity (Wildman–Crippen MR) is 96.3 cm³/mol. The average Bonchev–Trinajstić information content (AvgIpc) is 3.39. The lowest BCUT2D eigenvalue weighted by atomic mass is 9.97. The predicted octanol–water partition coefficient (Wildman–Crippen LogP) is 3.22. The Hall–Kier alpha value is -2.74. The molecule has 1 saturated heterocycles. The van der Waals surface area contributed by atoms with Crippen LogP contribution in [0, 0.1) is 0 Å². The summed E-state index contributed by atoms with van der Waals surface area (Å²) in [6, 6.07) is 7.38. The highest BCUT2D eigenvalue weighted by Gasteiger charge is 2.30. The van der Waals surface area contributed by atoms with E-state index in [0.717, 1.165) is 17.7 Å². The van der Waals surface area contributed by atoms with E-state index < -0.39 is 0 Å². The second kappa shape index (κ2) is 7.25. The summed E-state index contributed by atoms with van der Waals surface area (Å²) in [5.41, 5.74) is 0.473. The Morgan fingerprint density at radius 2 is 2.27 bits per heavy atom. The van der Waals surface area contributed by atoms with Gasteiger partial charge in [0.15, 0.2) is 0 Å². The van der Waals surface area contributed by atoms with Crippen molar-refractivity contribution in [2.24, 2.45) is 0 Å². The summed E-state index contributed by atoms with van der Waals surface area (Å²) in [4.78, 5) is 19.8. The van der Waals surface area contributed by atoms with Crippen molar-refractivity contribution in [1.29, 1.82) is 0 Å². The van der Waals surface area contributed by atoms with Crippen LogP contribution < -0.4 is 4.74 Å². The fourth-order valence-corrected chi connectivity index (χ4v) is 3.79. The molecule has 1 fully saturated rings. The Labute approximate surface area is 154 Å². The number of ether oxygens (including phenoxy) is 1. The van der Waals surface area contributed by atoms with Crippen molar-refractivity contribution in [3.63, 3.8) is 0 Å². The van der Waals surface area contributed by atoms with Gasteiger partial charge in [-0.1, -0.05) is 6.07 Å². The highest BCUT2D eigenvalue weighted by atomic mass is 32.1. The van der Waals surface area contributed by atoms with Crippen LogP contribution in [0.3, 0.4) is 0 Å². The van der Waals surface area contributed by atoms with Crippen LogP contribution in [-0.2, 0) is 0 Å². The molecule has 1 unspecified atom stereocenters. The van der Waals surface area contributed by atoms with E-state index in [9.17, 15) is 4.79 Å². The second-order valence-electron chi connectivity index (χ2n) is 6.07. The van der Waals surface area contributed by atoms with Crippen LogP contribution in [0.4, 0.5) is 0 Å². The first kappa shape index (κ1) is 16.7. The molecule has 0 radical (unpaired) electrons. The molecule has 26 heavy (non-hydrogen) atoms. The maximum Gasteiger partial charge on any atom is 0.259 e. The second-order valence-corrected chi connectivity index (χ2v) is 7.02. The number of carbonyl (C=O) groups is 1. The molecule has 7 nitrogen and oxygen atoms in total. The lowest BCUT2D eigenvalue weighted by Gasteiger charge is -2.31. The van der Waals surface area contributed by atoms with Gasteiger partial charge in [-0.25, -0.2) is 4.98 Å². The van der Waals surface area contributed by atoms with E-state index in [2.05, 4.69) is 15.2 Å². The van der Waals surface area contributed by atoms with Crippen LogP contribution in [0.1, 0.15) is 35.0 Å². The summed E-state index contributed by atoms with van der Waals surface area (Å²) in [6.07, 6.45) is 3.41. The van der Waals surface area contributed by atoms with Crippen molar-refractivity contribution in [2.75, 3.05) is 20.2 Å². The van der Waals surface area contributed by atoms with Crippen molar-refractivity contribution in [2.45, 2.75) is 18.8 Å². The molecule has 134 valence electrons. The van der Waals surface area contributed by atoms with E-state index >= 15 is 0 Å². The minimum atomic E-state index is -0.0855. The Kier molecular flexibility index (Phi) is 4.66. The van der Waals surface area contributed by atoms with Gasteiger partial charge in [0.2, 0.25) is 11.8 Å². The van der Waals surface area contributed by atoms with Crippen molar-refractivity contribution in [3.8, 4) is 16.6 Å². The van der Waals surface area contributed by atoms with E-state index in [1.807, 2.05) is 22.4 Å². The highest BCUT2D eigenvalue weighted by molar-refractivity contribution is 7.13. The molecule has 1 aliphatic rings. The van der Waals surface area contributed by atoms with Crippen LogP contribution in [0.5, 0.6) is 5.88 Å². The summed E-state index contributed by atoms with van der Waals surface area (Å²) in [6.45, 7) is 1.24. The molecule has 8 heteroatoms. The number of methoxy groups -OCH3 is 1. The average molecular weight is 370 g/mol. The number of hydrogen-bond acceptors (Lipinski definition) is 7. The smallest absolute Gasteiger partial charge is 0.259 e. The quantitative estimate of drug-likeness (QED) is 0.701. The lowest BCUT2D eigenvalue weighted by Crippen LogP contribution is -2.39. The number of thiophene rings is 1. The normalized spacial score (nSPS) is 17.3. The number of nitrogens with zero attached hydrogens (tertiary/aromatic N) is 4. The van der Waals surface area contributed by atoms with E-state index in [-0.39, 0.29) is 11.8 Å². The van der Waals surface area contributed by atoms with Crippen molar-refractivity contribution in [1.82, 2.24) is 20.1 Å². The van der Waals surface area contributed by atoms with Crippen LogP contribution in [-0.4, -0.2) is 46.2 Å². The molecule has 0 aliphatic carbocycles. The molecule has 0 aromatic carbocycles. The van der Waals surface area contributed by atoms with Gasteiger partial charge in [0, 0.05) is 19.3 Å². The van der Waals surface area contributed by atoms with E-state index in [4.69, 9.17) is 9.15 Å². The molecule has 1 amide bonds. The molecule has 0 saturated carbocycles. The van der Waals surface area contributed by atoms with Gasteiger partial charge in [0.05, 0.1) is 17.9 Å². The molecule has 0 spiro atoms. The van der Waals surface area contributed by atoms with E-state index in [1.165, 1.54) is 7.11 Å². The maximum atomic E-state index is 12.9. The number of amides is 1. The Bertz CT molecular complexity index is 893. The standard InChI is InChI=1S/C18H18N4O3S/c1-24-16-13(6-2-8-19-16)18(23)22-9-3-5-12(11-22)15-20-21-17(25-15)14-7-4-10-26-14/h2,4,6-8,10,12H,3,5,9,11H2,1H3. The van der Waals surface area contributed by atoms with Crippen LogP contribution >= 0.6 is 11.3 Å². The van der Waals surface area contributed by atoms with Crippen LogP contribution in [0.2, 0.25) is 0 Å². The largest absolute Gasteiger partial charge is 0.480 e. The first-order valence-electron chi connectivity index (χ1n) is 8.42. The Morgan fingerprint density at radius 3 is 3.08 bits per heavy atom. The minimum absolute atomic E-state index is 0.0385. The van der Waals surface area contributed by atoms with Gasteiger partial charge >= 0.3 is 0 Å². The number of rotatable bonds is 4. The minimum Gasteiger partial charge on any atom is -0.480 e. The van der Waals surface area contributed by atoms with Crippen molar-refractivity contribution in [3.05, 3.63) is 47.3 Å². The third-order valence-electron chi connectivity index (χ3n) is 4.43. The van der Waals surface area contributed by atoms with Crippen LogP contribution in [0.25, 0.3) is 10.8 Å². The van der Waals surface area contributed by atoms with Gasteiger partial charge in [-0.3, -0.25) is 4.79 Å². The third-order valence-corrected chi connectivity index (χ3v) is 5.28. The lowest BCUT2D eigenvalue weighted by molar-refractivity contribution is 0.0694. The van der Waals surface area contributed by atoms with Gasteiger partial charge in [-0.05, 0) is 36.4 Å². The molecule has 0 N–H and O–H groups in total. The Balaban J connectivity index is 1.52. The zero-order valence-electron chi connectivity index (χ0n) is 14.3. The van der Waals surface area contributed by atoms with E-state index in [0.29, 0.717) is 36.3 Å². The van der Waals surface area contributed by atoms with Crippen molar-refractivity contribution < 1.29 is 13.9 Å². The molecule has 1 atom stereocenters. The highest BCUT2D eigenvalue weighted by Crippen LogP contribution is 2.31. The number of piperidine rings is 1. The summed E-state index contributed by atoms with van der Waals surface area (Å²) >= 11 is 1.56. The SMILES string of the molecule is COc1ncccc1C(=O)N1CCCC(c2nnc(-c3cccs3)o2)C1. The fraction of sp³-hybridized carbons (Fsp3) is 0.333. The summed E-state index contributed by atoms with van der Waals surface area (Å²) < 4.78 is 11.1. The molecule has 0 bridgehead atoms. The molecular weight excluding hydrogens is 352 g/mol. The van der Waals surface area contributed by atoms with Gasteiger partial charge in [0.1, 0.15) is 5.56 Å². The number of likely N-dealkylation sites (tertiary alicyclic amines) is 1. The van der Waals surface area contributed by atoms with Gasteiger partial charge in [-0.2, -0.15) is 0 Å². The molecule has 4 rings (SSSR count). The summed E-state index contributed by atoms with van der Waals surface area (Å²) in [5.74, 6) is 1.42. The third kappa shape index (κ3) is 3.20. The first-order chi connectivity index (χ1) is 12.8. The number of pyridine rings is 1. The van der Waals surface area contributed by atoms with Crippen molar-refractivity contribution >= 4 is 17.2 Å². The topological polar surface area (TPSA) is 81.4 Å². The maximum absolute atomic E-state index is 12.9. The first-order valence-corrected chi connectivity index (χ1v) is 9.30. The zero-order valence-corrected chi connectivity index (χ0v) is 15.1. The molecule has 3 aromatic heterocycles. The molecule has 1 aliphatic heterocycles. The summed E-state index contributed by atoms with van der Waals surface area (Å²) in [7, 11) is 1.52. The Morgan fingerprint density at radius 1 is 1.35 bits per heavy atom. The fourth-order valence-electron chi connectivity index (χ4n) is 3.15. The monoisotopic (exact) mass is 370 g/mol. The molecule has 3 aromatic rings. The summed E-state index contributed by atoms with van der Waals surface area (Å²) in [5, 5.41) is 10.3. The molecule has 4 heterocycles. The van der Waals surface area contributed by atoms with Gasteiger partial charge < -0.3 is 14.1 Å². The molecular formula is C18H18N4O3S. The number of carbonyl (C=O) groups excluding carboxylic acids is 1. The number of hydrogen-bond donors (Lipinski definition) is 0. The van der Waals surface area contributed by atoms with Gasteiger partial charge in [0.25, 0.3) is 11.8 Å². The van der Waals surface area contributed by atoms with Crippen LogP contribution in [0.15, 0.2) is 40.3 Å². The van der Waals surface area contributed by atoms with E-state index in [1.54, 1.807) is 29.7 Å². The number of aromatic nitrogens is 3. The zero-order chi connectivity index (χ0) is 17.9. The van der Waals surface area contributed by atoms with Gasteiger partial charge in [-0.15, -0.1) is 21.5 Å².